The van der Waals surface area contributed by atoms with Gasteiger partial charge < -0.3 is 9.47 Å². The van der Waals surface area contributed by atoms with Crippen LogP contribution in [0.5, 0.6) is 0 Å². The van der Waals surface area contributed by atoms with Crippen LogP contribution in [0, 0.1) is 6.92 Å². The van der Waals surface area contributed by atoms with Gasteiger partial charge >= 0.3 is 6.03 Å². The summed E-state index contributed by atoms with van der Waals surface area (Å²) >= 11 is 0. The van der Waals surface area contributed by atoms with E-state index in [1.54, 1.807) is 0 Å². The second kappa shape index (κ2) is 9.69. The van der Waals surface area contributed by atoms with E-state index in [4.69, 9.17) is 4.98 Å². The van der Waals surface area contributed by atoms with Gasteiger partial charge in [0.1, 0.15) is 5.54 Å². The minimum Gasteiger partial charge on any atom is -0.318 e. The number of amides is 1. The summed E-state index contributed by atoms with van der Waals surface area (Å²) in [6, 6.07) is 42.1. The van der Waals surface area contributed by atoms with Gasteiger partial charge in [-0.3, -0.25) is 4.57 Å². The summed E-state index contributed by atoms with van der Waals surface area (Å²) in [6.45, 7) is 3.25. The molecule has 0 saturated heterocycles. The number of nitrogens with zero attached hydrogens (tertiary/aromatic N) is 4. The number of benzene rings is 4. The zero-order chi connectivity index (χ0) is 27.1. The Morgan fingerprint density at radius 1 is 0.750 bits per heavy atom. The van der Waals surface area contributed by atoms with Crippen molar-refractivity contribution in [2.45, 2.75) is 25.4 Å². The van der Waals surface area contributed by atoms with E-state index in [9.17, 15) is 4.79 Å². The highest BCUT2D eigenvalue weighted by molar-refractivity contribution is 5.93. The first-order valence-electron chi connectivity index (χ1n) is 13.8. The van der Waals surface area contributed by atoms with Crippen molar-refractivity contribution in [2.75, 3.05) is 6.54 Å². The molecule has 3 heterocycles. The van der Waals surface area contributed by atoms with Gasteiger partial charge in [0.25, 0.3) is 0 Å². The van der Waals surface area contributed by atoms with Crippen molar-refractivity contribution in [3.05, 3.63) is 161 Å². The molecule has 40 heavy (non-hydrogen) atoms. The van der Waals surface area contributed by atoms with Gasteiger partial charge in [-0.05, 0) is 35.7 Å². The number of carbonyl (C=O) groups excluding carboxylic acids is 1. The lowest BCUT2D eigenvalue weighted by Gasteiger charge is -2.38. The average Bonchev–Trinajstić information content (AvgIpc) is 3.57. The summed E-state index contributed by atoms with van der Waals surface area (Å²) in [6.07, 6.45) is 2.77. The van der Waals surface area contributed by atoms with Gasteiger partial charge in [-0.1, -0.05) is 109 Å². The fraction of sp³-hybridized carbons (Fsp3) is 0.143. The van der Waals surface area contributed by atoms with Gasteiger partial charge in [0, 0.05) is 29.7 Å². The molecule has 0 bridgehead atoms. The summed E-state index contributed by atoms with van der Waals surface area (Å²) in [4.78, 5) is 20.6. The van der Waals surface area contributed by atoms with E-state index >= 15 is 0 Å². The summed E-state index contributed by atoms with van der Waals surface area (Å²) in [5.41, 5.74) is 6.79. The van der Waals surface area contributed by atoms with E-state index < -0.39 is 5.54 Å². The Bertz CT molecular complexity index is 1710. The number of carbonyl (C=O) groups is 1. The quantitative estimate of drug-likeness (QED) is 0.221. The third-order valence-corrected chi connectivity index (χ3v) is 8.27. The smallest absolute Gasteiger partial charge is 0.318 e. The predicted octanol–water partition coefficient (Wildman–Crippen LogP) is 7.01. The summed E-state index contributed by atoms with van der Waals surface area (Å²) in [7, 11) is 0. The largest absolute Gasteiger partial charge is 0.329 e. The maximum absolute atomic E-state index is 13.7. The maximum atomic E-state index is 13.7. The molecule has 1 aliphatic rings. The molecule has 0 fully saturated rings. The van der Waals surface area contributed by atoms with Crippen molar-refractivity contribution < 1.29 is 4.79 Å². The molecule has 5 nitrogen and oxygen atoms in total. The van der Waals surface area contributed by atoms with Crippen LogP contribution in [0.1, 0.15) is 33.8 Å². The Hall–Kier alpha value is -4.90. The molecule has 196 valence electrons. The Balaban J connectivity index is 1.35. The molecule has 5 heteroatoms. The highest BCUT2D eigenvalue weighted by Crippen LogP contribution is 2.42. The SMILES string of the molecule is Cc1c(CN2CCc3cc4ccccc4n3C2=O)ncn1C(c1ccccc1)(c1ccccc1)c1ccccc1. The van der Waals surface area contributed by atoms with Crippen molar-refractivity contribution in [2.24, 2.45) is 0 Å². The van der Waals surface area contributed by atoms with Crippen LogP contribution < -0.4 is 0 Å². The topological polar surface area (TPSA) is 43.1 Å². The molecule has 0 unspecified atom stereocenters. The fourth-order valence-electron chi connectivity index (χ4n) is 6.33. The Morgan fingerprint density at radius 3 is 1.90 bits per heavy atom. The van der Waals surface area contributed by atoms with E-state index in [-0.39, 0.29) is 6.03 Å². The van der Waals surface area contributed by atoms with Crippen LogP contribution in [0.2, 0.25) is 0 Å². The van der Waals surface area contributed by atoms with Crippen LogP contribution in [0.4, 0.5) is 4.79 Å². The highest BCUT2D eigenvalue weighted by Gasteiger charge is 2.40. The van der Waals surface area contributed by atoms with E-state index in [0.29, 0.717) is 13.1 Å². The number of fused-ring (bicyclic) bond motifs is 3. The van der Waals surface area contributed by atoms with Gasteiger partial charge in [-0.25, -0.2) is 9.78 Å². The second-order valence-electron chi connectivity index (χ2n) is 10.4. The van der Waals surface area contributed by atoms with Gasteiger partial charge in [0.2, 0.25) is 0 Å². The van der Waals surface area contributed by atoms with Crippen molar-refractivity contribution in [1.29, 1.82) is 0 Å². The third-order valence-electron chi connectivity index (χ3n) is 8.27. The summed E-state index contributed by atoms with van der Waals surface area (Å²) in [5.74, 6) is 0. The maximum Gasteiger partial charge on any atom is 0.329 e. The van der Waals surface area contributed by atoms with Crippen molar-refractivity contribution >= 4 is 16.9 Å². The minimum absolute atomic E-state index is 0.0110. The minimum atomic E-state index is -0.630. The van der Waals surface area contributed by atoms with Crippen LogP contribution in [0.3, 0.4) is 0 Å². The molecular weight excluding hydrogens is 492 g/mol. The molecule has 7 rings (SSSR count). The average molecular weight is 523 g/mol. The molecule has 1 aliphatic heterocycles. The van der Waals surface area contributed by atoms with Crippen LogP contribution in [-0.2, 0) is 18.5 Å². The van der Waals surface area contributed by atoms with Crippen molar-refractivity contribution in [3.8, 4) is 0 Å². The molecule has 0 saturated carbocycles. The predicted molar refractivity (Wildman–Crippen MR) is 158 cm³/mol. The van der Waals surface area contributed by atoms with Crippen LogP contribution in [-0.4, -0.2) is 31.6 Å². The Kier molecular flexibility index (Phi) is 5.85. The van der Waals surface area contributed by atoms with Gasteiger partial charge in [0.15, 0.2) is 0 Å². The lowest BCUT2D eigenvalue weighted by Crippen LogP contribution is -2.41. The third kappa shape index (κ3) is 3.69. The lowest BCUT2D eigenvalue weighted by atomic mass is 9.76. The van der Waals surface area contributed by atoms with Crippen LogP contribution in [0.25, 0.3) is 10.9 Å². The summed E-state index contributed by atoms with van der Waals surface area (Å²) < 4.78 is 4.15. The number of aromatic nitrogens is 3. The van der Waals surface area contributed by atoms with Gasteiger partial charge in [-0.15, -0.1) is 0 Å². The molecular formula is C35H30N4O. The first-order chi connectivity index (χ1) is 19.7. The molecule has 0 aliphatic carbocycles. The number of hydrogen-bond acceptors (Lipinski definition) is 2. The first kappa shape index (κ1) is 24.2. The van der Waals surface area contributed by atoms with Crippen molar-refractivity contribution in [3.63, 3.8) is 0 Å². The van der Waals surface area contributed by atoms with Crippen molar-refractivity contribution in [1.82, 2.24) is 19.0 Å². The van der Waals surface area contributed by atoms with Crippen LogP contribution in [0.15, 0.2) is 128 Å². The number of hydrogen-bond donors (Lipinski definition) is 0. The van der Waals surface area contributed by atoms with E-state index in [1.165, 1.54) is 0 Å². The molecule has 1 amide bonds. The first-order valence-corrected chi connectivity index (χ1v) is 13.8. The number of rotatable bonds is 6. The number of para-hydroxylation sites is 1. The molecule has 4 aromatic carbocycles. The standard InChI is InChI=1S/C35H30N4O/c1-26-32(24-37-22-21-31-23-27-13-11-12-20-33(27)39(31)34(37)40)36-25-38(26)35(28-14-5-2-6-15-28,29-16-7-3-8-17-29)30-18-9-4-10-19-30/h2-20,23,25H,21-22,24H2,1H3. The zero-order valence-corrected chi connectivity index (χ0v) is 22.4. The van der Waals surface area contributed by atoms with E-state index in [2.05, 4.69) is 115 Å². The molecule has 0 radical (unpaired) electrons. The fourth-order valence-corrected chi connectivity index (χ4v) is 6.33. The molecule has 0 atom stereocenters. The normalized spacial score (nSPS) is 13.5. The monoisotopic (exact) mass is 522 g/mol. The van der Waals surface area contributed by atoms with Gasteiger partial charge in [-0.2, -0.15) is 0 Å². The van der Waals surface area contributed by atoms with Gasteiger partial charge in [0.05, 0.1) is 24.1 Å². The lowest BCUT2D eigenvalue weighted by molar-refractivity contribution is 0.190. The Labute approximate surface area is 234 Å². The van der Waals surface area contributed by atoms with Crippen LogP contribution >= 0.6 is 0 Å². The number of imidazole rings is 1. The van der Waals surface area contributed by atoms with E-state index in [1.807, 2.05) is 34.0 Å². The molecule has 0 N–H and O–H groups in total. The summed E-state index contributed by atoms with van der Waals surface area (Å²) in [5, 5.41) is 1.10. The molecule has 6 aromatic rings. The molecule has 0 spiro atoms. The Morgan fingerprint density at radius 2 is 1.30 bits per heavy atom. The molecule has 2 aromatic heterocycles. The highest BCUT2D eigenvalue weighted by atomic mass is 16.2. The van der Waals surface area contributed by atoms with E-state index in [0.717, 1.165) is 51.1 Å². The zero-order valence-electron chi connectivity index (χ0n) is 22.4. The second-order valence-corrected chi connectivity index (χ2v) is 10.4.